The van der Waals surface area contributed by atoms with Crippen LogP contribution in [0, 0.1) is 0 Å². The van der Waals surface area contributed by atoms with Crippen LogP contribution in [0.5, 0.6) is 0 Å². The second-order valence-corrected chi connectivity index (χ2v) is 6.65. The topological polar surface area (TPSA) is 46.2 Å². The van der Waals surface area contributed by atoms with Crippen molar-refractivity contribution in [1.29, 1.82) is 0 Å². The molecule has 0 unspecified atom stereocenters. The van der Waals surface area contributed by atoms with Gasteiger partial charge in [-0.15, -0.1) is 0 Å². The third-order valence-electron chi connectivity index (χ3n) is 2.79. The van der Waals surface area contributed by atoms with Crippen molar-refractivity contribution in [3.63, 3.8) is 0 Å². The van der Waals surface area contributed by atoms with Gasteiger partial charge in [0, 0.05) is 5.69 Å². The Balaban J connectivity index is 2.38. The molecule has 2 aromatic rings. The maximum absolute atomic E-state index is 12.3. The van der Waals surface area contributed by atoms with Crippen LogP contribution < -0.4 is 4.72 Å². The Kier molecular flexibility index (Phi) is 4.58. The van der Waals surface area contributed by atoms with Crippen LogP contribution in [0.4, 0.5) is 5.69 Å². The van der Waals surface area contributed by atoms with E-state index >= 15 is 0 Å². The van der Waals surface area contributed by atoms with Crippen LogP contribution in [-0.2, 0) is 16.4 Å². The molecule has 0 saturated heterocycles. The van der Waals surface area contributed by atoms with Crippen LogP contribution in [-0.4, -0.2) is 8.42 Å². The summed E-state index contributed by atoms with van der Waals surface area (Å²) in [5.74, 6) is 0. The van der Waals surface area contributed by atoms with Crippen molar-refractivity contribution in [1.82, 2.24) is 0 Å². The van der Waals surface area contributed by atoms with E-state index in [1.165, 1.54) is 6.07 Å². The van der Waals surface area contributed by atoms with E-state index in [1.54, 1.807) is 30.3 Å². The van der Waals surface area contributed by atoms with Crippen LogP contribution in [0.1, 0.15) is 12.5 Å². The normalized spacial score (nSPS) is 11.3. The van der Waals surface area contributed by atoms with E-state index in [4.69, 9.17) is 23.2 Å². The van der Waals surface area contributed by atoms with Crippen LogP contribution in [0.2, 0.25) is 10.0 Å². The second-order valence-electron chi connectivity index (χ2n) is 4.21. The van der Waals surface area contributed by atoms with Gasteiger partial charge < -0.3 is 0 Å². The summed E-state index contributed by atoms with van der Waals surface area (Å²) in [5.41, 5.74) is 1.54. The van der Waals surface area contributed by atoms with Crippen molar-refractivity contribution in [3.05, 3.63) is 58.1 Å². The van der Waals surface area contributed by atoms with Crippen molar-refractivity contribution in [2.75, 3.05) is 4.72 Å². The summed E-state index contributed by atoms with van der Waals surface area (Å²) in [4.78, 5) is -0.0337. The summed E-state index contributed by atoms with van der Waals surface area (Å²) in [7, 11) is -3.76. The summed E-state index contributed by atoms with van der Waals surface area (Å²) in [5, 5.41) is 0.227. The molecule has 3 nitrogen and oxygen atoms in total. The Bertz CT molecular complexity index is 730. The highest BCUT2D eigenvalue weighted by molar-refractivity contribution is 7.92. The molecule has 0 radical (unpaired) electrons. The molecule has 0 saturated carbocycles. The molecule has 0 bridgehead atoms. The van der Waals surface area contributed by atoms with Gasteiger partial charge in [-0.1, -0.05) is 48.3 Å². The van der Waals surface area contributed by atoms with E-state index in [2.05, 4.69) is 4.72 Å². The lowest BCUT2D eigenvalue weighted by Gasteiger charge is -2.11. The molecule has 0 atom stereocenters. The van der Waals surface area contributed by atoms with Crippen molar-refractivity contribution in [3.8, 4) is 0 Å². The molecule has 0 fully saturated rings. The number of benzene rings is 2. The Morgan fingerprint density at radius 3 is 2.50 bits per heavy atom. The average Bonchev–Trinajstić information content (AvgIpc) is 2.41. The molecule has 2 rings (SSSR count). The molecular weight excluding hydrogens is 317 g/mol. The molecular formula is C14H13Cl2NO2S. The number of anilines is 1. The van der Waals surface area contributed by atoms with Crippen LogP contribution in [0.15, 0.2) is 47.4 Å². The van der Waals surface area contributed by atoms with E-state index in [0.717, 1.165) is 12.0 Å². The summed E-state index contributed by atoms with van der Waals surface area (Å²) < 4.78 is 27.1. The zero-order valence-electron chi connectivity index (χ0n) is 10.7. The molecule has 0 amide bonds. The van der Waals surface area contributed by atoms with Gasteiger partial charge in [0.1, 0.15) is 4.90 Å². The van der Waals surface area contributed by atoms with Crippen molar-refractivity contribution in [2.24, 2.45) is 0 Å². The van der Waals surface area contributed by atoms with Gasteiger partial charge in [0.25, 0.3) is 10.0 Å². The van der Waals surface area contributed by atoms with E-state index in [-0.39, 0.29) is 14.9 Å². The SMILES string of the molecule is CCc1cccc(NS(=O)(=O)c2cccc(Cl)c2Cl)c1. The molecule has 6 heteroatoms. The van der Waals surface area contributed by atoms with Crippen LogP contribution >= 0.6 is 23.2 Å². The fraction of sp³-hybridized carbons (Fsp3) is 0.143. The summed E-state index contributed by atoms with van der Waals surface area (Å²) >= 11 is 11.8. The highest BCUT2D eigenvalue weighted by atomic mass is 35.5. The Morgan fingerprint density at radius 1 is 1.10 bits per heavy atom. The summed E-state index contributed by atoms with van der Waals surface area (Å²) in [6.45, 7) is 2.00. The van der Waals surface area contributed by atoms with Crippen molar-refractivity contribution in [2.45, 2.75) is 18.2 Å². The summed E-state index contributed by atoms with van der Waals surface area (Å²) in [6, 6.07) is 11.7. The minimum Gasteiger partial charge on any atom is -0.280 e. The number of aryl methyl sites for hydroxylation is 1. The molecule has 0 aliphatic carbocycles. The maximum atomic E-state index is 12.3. The number of halogens is 2. The van der Waals surface area contributed by atoms with Crippen LogP contribution in [0.25, 0.3) is 0 Å². The van der Waals surface area contributed by atoms with Gasteiger partial charge in [0.2, 0.25) is 0 Å². The summed E-state index contributed by atoms with van der Waals surface area (Å²) in [6.07, 6.45) is 0.827. The van der Waals surface area contributed by atoms with Crippen molar-refractivity contribution < 1.29 is 8.42 Å². The zero-order chi connectivity index (χ0) is 14.8. The predicted molar refractivity (Wildman–Crippen MR) is 83.1 cm³/mol. The predicted octanol–water partition coefficient (Wildman–Crippen LogP) is 4.36. The lowest BCUT2D eigenvalue weighted by molar-refractivity contribution is 0.601. The molecule has 0 aliphatic rings. The molecule has 20 heavy (non-hydrogen) atoms. The number of hydrogen-bond donors (Lipinski definition) is 1. The first-order valence-corrected chi connectivity index (χ1v) is 8.23. The van der Waals surface area contributed by atoms with Crippen LogP contribution in [0.3, 0.4) is 0 Å². The molecule has 0 aliphatic heterocycles. The van der Waals surface area contributed by atoms with E-state index in [9.17, 15) is 8.42 Å². The zero-order valence-corrected chi connectivity index (χ0v) is 13.1. The number of rotatable bonds is 4. The van der Waals surface area contributed by atoms with Gasteiger partial charge in [-0.3, -0.25) is 4.72 Å². The standard InChI is InChI=1S/C14H13Cl2NO2S/c1-2-10-5-3-6-11(9-10)17-20(18,19)13-8-4-7-12(15)14(13)16/h3-9,17H,2H2,1H3. The highest BCUT2D eigenvalue weighted by Gasteiger charge is 2.19. The Morgan fingerprint density at radius 2 is 1.80 bits per heavy atom. The van der Waals surface area contributed by atoms with Gasteiger partial charge >= 0.3 is 0 Å². The number of sulfonamides is 1. The third kappa shape index (κ3) is 3.26. The van der Waals surface area contributed by atoms with E-state index < -0.39 is 10.0 Å². The molecule has 0 aromatic heterocycles. The first kappa shape index (κ1) is 15.2. The number of nitrogens with one attached hydrogen (secondary N) is 1. The first-order chi connectivity index (χ1) is 9.44. The molecule has 0 heterocycles. The Hall–Kier alpha value is -1.23. The third-order valence-corrected chi connectivity index (χ3v) is 5.15. The van der Waals surface area contributed by atoms with Gasteiger partial charge in [0.15, 0.2) is 0 Å². The highest BCUT2D eigenvalue weighted by Crippen LogP contribution is 2.30. The molecule has 1 N–H and O–H groups in total. The lowest BCUT2D eigenvalue weighted by Crippen LogP contribution is -2.13. The monoisotopic (exact) mass is 329 g/mol. The average molecular weight is 330 g/mol. The fourth-order valence-corrected chi connectivity index (χ4v) is 3.57. The lowest BCUT2D eigenvalue weighted by atomic mass is 10.1. The van der Waals surface area contributed by atoms with Gasteiger partial charge in [-0.25, -0.2) is 8.42 Å². The second kappa shape index (κ2) is 6.04. The minimum absolute atomic E-state index is 0.0216. The largest absolute Gasteiger partial charge is 0.280 e. The maximum Gasteiger partial charge on any atom is 0.263 e. The smallest absolute Gasteiger partial charge is 0.263 e. The Labute approximate surface area is 128 Å². The molecule has 0 spiro atoms. The van der Waals surface area contributed by atoms with Crippen molar-refractivity contribution >= 4 is 38.9 Å². The van der Waals surface area contributed by atoms with E-state index in [0.29, 0.717) is 5.69 Å². The quantitative estimate of drug-likeness (QED) is 0.905. The molecule has 2 aromatic carbocycles. The van der Waals surface area contributed by atoms with Gasteiger partial charge in [-0.05, 0) is 36.2 Å². The first-order valence-electron chi connectivity index (χ1n) is 6.00. The van der Waals surface area contributed by atoms with Gasteiger partial charge in [-0.2, -0.15) is 0 Å². The minimum atomic E-state index is -3.76. The fourth-order valence-electron chi connectivity index (χ4n) is 1.76. The van der Waals surface area contributed by atoms with E-state index in [1.807, 2.05) is 13.0 Å². The molecule has 106 valence electrons. The van der Waals surface area contributed by atoms with Gasteiger partial charge in [0.05, 0.1) is 10.0 Å². The number of hydrogen-bond acceptors (Lipinski definition) is 2.